The van der Waals surface area contributed by atoms with Gasteiger partial charge in [0, 0.05) is 10.2 Å². The van der Waals surface area contributed by atoms with Crippen LogP contribution in [0.25, 0.3) is 0 Å². The van der Waals surface area contributed by atoms with E-state index in [0.717, 1.165) is 27.9 Å². The van der Waals surface area contributed by atoms with E-state index in [1.807, 2.05) is 49.4 Å². The Morgan fingerprint density at radius 1 is 1.13 bits per heavy atom. The van der Waals surface area contributed by atoms with E-state index in [4.69, 9.17) is 9.47 Å². The summed E-state index contributed by atoms with van der Waals surface area (Å²) < 4.78 is 12.0. The van der Waals surface area contributed by atoms with E-state index >= 15 is 0 Å². The summed E-state index contributed by atoms with van der Waals surface area (Å²) in [6.45, 7) is 4.65. The van der Waals surface area contributed by atoms with Crippen LogP contribution >= 0.6 is 15.9 Å². The van der Waals surface area contributed by atoms with Crippen LogP contribution in [0.1, 0.15) is 18.9 Å². The SMILES string of the molecule is CCCOc1ccc(NC(=O)COc2ccc(Br)cc2C)cc1. The Morgan fingerprint density at radius 2 is 1.87 bits per heavy atom. The van der Waals surface area contributed by atoms with Crippen LogP contribution in [-0.2, 0) is 4.79 Å². The summed E-state index contributed by atoms with van der Waals surface area (Å²) >= 11 is 3.40. The van der Waals surface area contributed by atoms with E-state index in [-0.39, 0.29) is 12.5 Å². The van der Waals surface area contributed by atoms with Crippen molar-refractivity contribution in [3.8, 4) is 11.5 Å². The number of anilines is 1. The van der Waals surface area contributed by atoms with Crippen molar-refractivity contribution < 1.29 is 14.3 Å². The monoisotopic (exact) mass is 377 g/mol. The Kier molecular flexibility index (Phi) is 6.47. The van der Waals surface area contributed by atoms with Gasteiger partial charge < -0.3 is 14.8 Å². The molecule has 2 aromatic carbocycles. The number of amides is 1. The second-order valence-electron chi connectivity index (χ2n) is 5.12. The fourth-order valence-corrected chi connectivity index (χ4v) is 2.45. The molecule has 0 atom stereocenters. The number of benzene rings is 2. The molecule has 1 amide bonds. The van der Waals surface area contributed by atoms with Crippen molar-refractivity contribution >= 4 is 27.5 Å². The van der Waals surface area contributed by atoms with Crippen molar-refractivity contribution in [3.05, 3.63) is 52.5 Å². The molecule has 0 aliphatic heterocycles. The number of nitrogens with one attached hydrogen (secondary N) is 1. The molecule has 1 N–H and O–H groups in total. The molecule has 2 aromatic rings. The molecule has 0 fully saturated rings. The third kappa shape index (κ3) is 5.60. The minimum Gasteiger partial charge on any atom is -0.494 e. The van der Waals surface area contributed by atoms with Gasteiger partial charge in [-0.25, -0.2) is 0 Å². The number of ether oxygens (including phenoxy) is 2. The molecule has 122 valence electrons. The van der Waals surface area contributed by atoms with Crippen LogP contribution in [0.2, 0.25) is 0 Å². The van der Waals surface area contributed by atoms with E-state index in [1.54, 1.807) is 0 Å². The zero-order valence-corrected chi connectivity index (χ0v) is 14.9. The molecule has 0 spiro atoms. The van der Waals surface area contributed by atoms with Crippen molar-refractivity contribution in [2.45, 2.75) is 20.3 Å². The number of rotatable bonds is 7. The lowest BCUT2D eigenvalue weighted by Gasteiger charge is -2.10. The summed E-state index contributed by atoms with van der Waals surface area (Å²) in [5.41, 5.74) is 1.69. The lowest BCUT2D eigenvalue weighted by atomic mass is 10.2. The highest BCUT2D eigenvalue weighted by Gasteiger charge is 2.06. The van der Waals surface area contributed by atoms with Crippen molar-refractivity contribution in [2.75, 3.05) is 18.5 Å². The molecule has 0 aliphatic carbocycles. The second-order valence-corrected chi connectivity index (χ2v) is 6.04. The van der Waals surface area contributed by atoms with E-state index in [2.05, 4.69) is 28.2 Å². The molecule has 2 rings (SSSR count). The van der Waals surface area contributed by atoms with Gasteiger partial charge in [0.2, 0.25) is 0 Å². The first kappa shape index (κ1) is 17.3. The van der Waals surface area contributed by atoms with Crippen LogP contribution < -0.4 is 14.8 Å². The van der Waals surface area contributed by atoms with E-state index in [1.165, 1.54) is 0 Å². The van der Waals surface area contributed by atoms with E-state index in [0.29, 0.717) is 12.4 Å². The summed E-state index contributed by atoms with van der Waals surface area (Å²) in [5, 5.41) is 2.80. The number of hydrogen-bond donors (Lipinski definition) is 1. The van der Waals surface area contributed by atoms with Gasteiger partial charge in [-0.2, -0.15) is 0 Å². The standard InChI is InChI=1S/C18H20BrNO3/c1-3-10-22-16-7-5-15(6-8-16)20-18(21)12-23-17-9-4-14(19)11-13(17)2/h4-9,11H,3,10,12H2,1-2H3,(H,20,21). The number of halogens is 1. The normalized spacial score (nSPS) is 10.2. The maximum absolute atomic E-state index is 11.9. The van der Waals surface area contributed by atoms with Crippen molar-refractivity contribution in [1.29, 1.82) is 0 Å². The third-order valence-corrected chi connectivity index (χ3v) is 3.60. The van der Waals surface area contributed by atoms with Crippen molar-refractivity contribution in [3.63, 3.8) is 0 Å². The average molecular weight is 378 g/mol. The first-order valence-electron chi connectivity index (χ1n) is 7.50. The summed E-state index contributed by atoms with van der Waals surface area (Å²) in [5.74, 6) is 1.30. The molecule has 0 unspecified atom stereocenters. The quantitative estimate of drug-likeness (QED) is 0.768. The highest BCUT2D eigenvalue weighted by Crippen LogP contribution is 2.22. The van der Waals surface area contributed by atoms with Crippen LogP contribution in [0.4, 0.5) is 5.69 Å². The number of aryl methyl sites for hydroxylation is 1. The number of hydrogen-bond acceptors (Lipinski definition) is 3. The molecule has 0 heterocycles. The molecule has 23 heavy (non-hydrogen) atoms. The Morgan fingerprint density at radius 3 is 2.52 bits per heavy atom. The zero-order valence-electron chi connectivity index (χ0n) is 13.3. The molecular formula is C18H20BrNO3. The second kappa shape index (κ2) is 8.58. The summed E-state index contributed by atoms with van der Waals surface area (Å²) in [6, 6.07) is 13.0. The van der Waals surface area contributed by atoms with E-state index in [9.17, 15) is 4.79 Å². The van der Waals surface area contributed by atoms with Gasteiger partial charge >= 0.3 is 0 Å². The fourth-order valence-electron chi connectivity index (χ4n) is 1.97. The van der Waals surface area contributed by atoms with Crippen LogP contribution in [0.5, 0.6) is 11.5 Å². The predicted octanol–water partition coefficient (Wildman–Crippen LogP) is 4.56. The van der Waals surface area contributed by atoms with Crippen LogP contribution in [0.15, 0.2) is 46.9 Å². The lowest BCUT2D eigenvalue weighted by molar-refractivity contribution is -0.118. The fraction of sp³-hybridized carbons (Fsp3) is 0.278. The molecule has 0 saturated carbocycles. The first-order chi connectivity index (χ1) is 11.1. The van der Waals surface area contributed by atoms with Crippen LogP contribution in [0.3, 0.4) is 0 Å². The highest BCUT2D eigenvalue weighted by molar-refractivity contribution is 9.10. The molecule has 0 aromatic heterocycles. The van der Waals surface area contributed by atoms with Gasteiger partial charge in [-0.1, -0.05) is 22.9 Å². The highest BCUT2D eigenvalue weighted by atomic mass is 79.9. The molecule has 0 radical (unpaired) electrons. The molecule has 4 nitrogen and oxygen atoms in total. The van der Waals surface area contributed by atoms with Crippen molar-refractivity contribution in [2.24, 2.45) is 0 Å². The topological polar surface area (TPSA) is 47.6 Å². The smallest absolute Gasteiger partial charge is 0.262 e. The van der Waals surface area contributed by atoms with Gasteiger partial charge in [0.05, 0.1) is 6.61 Å². The molecule has 5 heteroatoms. The molecular weight excluding hydrogens is 358 g/mol. The lowest BCUT2D eigenvalue weighted by Crippen LogP contribution is -2.20. The first-order valence-corrected chi connectivity index (χ1v) is 8.29. The van der Waals surface area contributed by atoms with Crippen LogP contribution in [-0.4, -0.2) is 19.1 Å². The largest absolute Gasteiger partial charge is 0.494 e. The maximum Gasteiger partial charge on any atom is 0.262 e. The van der Waals surface area contributed by atoms with E-state index < -0.39 is 0 Å². The average Bonchev–Trinajstić information content (AvgIpc) is 2.53. The Hall–Kier alpha value is -2.01. The molecule has 0 aliphatic rings. The minimum atomic E-state index is -0.199. The molecule has 0 bridgehead atoms. The Bertz CT molecular complexity index is 656. The Labute approximate surface area is 144 Å². The summed E-state index contributed by atoms with van der Waals surface area (Å²) in [4.78, 5) is 11.9. The number of carbonyl (C=O) groups is 1. The third-order valence-electron chi connectivity index (χ3n) is 3.11. The Balaban J connectivity index is 1.84. The van der Waals surface area contributed by atoms with Gasteiger partial charge in [-0.3, -0.25) is 4.79 Å². The predicted molar refractivity (Wildman–Crippen MR) is 95.2 cm³/mol. The summed E-state index contributed by atoms with van der Waals surface area (Å²) in [7, 11) is 0. The zero-order chi connectivity index (χ0) is 16.7. The number of carbonyl (C=O) groups excluding carboxylic acids is 1. The maximum atomic E-state index is 11.9. The van der Waals surface area contributed by atoms with Crippen LogP contribution in [0, 0.1) is 6.92 Å². The van der Waals surface area contributed by atoms with Gasteiger partial charge in [0.25, 0.3) is 5.91 Å². The van der Waals surface area contributed by atoms with Gasteiger partial charge in [-0.05, 0) is 61.4 Å². The molecule has 0 saturated heterocycles. The summed E-state index contributed by atoms with van der Waals surface area (Å²) in [6.07, 6.45) is 0.964. The van der Waals surface area contributed by atoms with Gasteiger partial charge in [0.15, 0.2) is 6.61 Å². The minimum absolute atomic E-state index is 0.0312. The van der Waals surface area contributed by atoms with Crippen molar-refractivity contribution in [1.82, 2.24) is 0 Å². The van der Waals surface area contributed by atoms with Gasteiger partial charge in [-0.15, -0.1) is 0 Å². The van der Waals surface area contributed by atoms with Gasteiger partial charge in [0.1, 0.15) is 11.5 Å².